The molecule has 0 bridgehead atoms. The number of rotatable bonds is 9. The van der Waals surface area contributed by atoms with Crippen molar-refractivity contribution in [2.45, 2.75) is 71.6 Å². The van der Waals surface area contributed by atoms with Gasteiger partial charge in [-0.2, -0.15) is 9.94 Å². The number of piperidine rings is 2. The third kappa shape index (κ3) is 7.83. The van der Waals surface area contributed by atoms with Gasteiger partial charge < -0.3 is 19.9 Å². The number of amides is 3. The molecule has 1 atom stereocenters. The summed E-state index contributed by atoms with van der Waals surface area (Å²) in [6, 6.07) is 15.5. The van der Waals surface area contributed by atoms with E-state index in [4.69, 9.17) is 21.3 Å². The molecule has 1 saturated carbocycles. The number of imide groups is 1. The van der Waals surface area contributed by atoms with E-state index in [1.807, 2.05) is 24.3 Å². The van der Waals surface area contributed by atoms with Crippen LogP contribution >= 0.6 is 11.6 Å². The van der Waals surface area contributed by atoms with Gasteiger partial charge in [-0.15, -0.1) is 5.10 Å². The topological polar surface area (TPSA) is 179 Å². The maximum atomic E-state index is 13.5. The minimum atomic E-state index is -0.854. The Balaban J connectivity index is 0.802. The second-order valence-corrected chi connectivity index (χ2v) is 17.8. The third-order valence-corrected chi connectivity index (χ3v) is 13.1. The molecule has 3 amide bonds. The summed E-state index contributed by atoms with van der Waals surface area (Å²) in [5.74, 6) is 0.962. The highest BCUT2D eigenvalue weighted by molar-refractivity contribution is 6.31. The minimum absolute atomic E-state index is 0.149. The molecule has 3 saturated heterocycles. The molecule has 1 aliphatic carbocycles. The van der Waals surface area contributed by atoms with Crippen LogP contribution in [0.5, 0.6) is 5.75 Å². The van der Waals surface area contributed by atoms with Gasteiger partial charge in [-0.3, -0.25) is 29.4 Å². The fourth-order valence-electron chi connectivity index (χ4n) is 9.78. The molecule has 2 aromatic heterocycles. The molecular formula is C43H49ClN10O5. The van der Waals surface area contributed by atoms with E-state index in [9.17, 15) is 24.4 Å². The van der Waals surface area contributed by atoms with Gasteiger partial charge in [-0.1, -0.05) is 44.5 Å². The van der Waals surface area contributed by atoms with Gasteiger partial charge >= 0.3 is 0 Å². The van der Waals surface area contributed by atoms with E-state index in [1.54, 1.807) is 30.5 Å². The second kappa shape index (κ2) is 15.9. The summed E-state index contributed by atoms with van der Waals surface area (Å²) in [5, 5.41) is 23.7. The molecule has 2 aromatic carbocycles. The lowest BCUT2D eigenvalue weighted by Gasteiger charge is -2.63. The number of nitriles is 1. The van der Waals surface area contributed by atoms with Crippen molar-refractivity contribution in [3.8, 4) is 11.8 Å². The average Bonchev–Trinajstić information content (AvgIpc) is 3.23. The molecular weight excluding hydrogens is 772 g/mol. The van der Waals surface area contributed by atoms with Crippen LogP contribution in [0.1, 0.15) is 75.3 Å². The summed E-state index contributed by atoms with van der Waals surface area (Å²) in [6.45, 7) is 14.7. The van der Waals surface area contributed by atoms with E-state index >= 15 is 0 Å². The molecule has 2 N–H and O–H groups in total. The SMILES string of the molecule is CC1(C)C(NC(=O)c2ccc(N3CCN(CC4CCN(c5ccc6nnn(C7CCC(=O)NC7=O)c(=O)c6c5)CC4)CC3)nc2)C(C)(C)C1Oc1ccc(C#N)c(Cl)c1. The molecule has 59 heavy (non-hydrogen) atoms. The van der Waals surface area contributed by atoms with Crippen LogP contribution in [0.4, 0.5) is 11.5 Å². The summed E-state index contributed by atoms with van der Waals surface area (Å²) in [7, 11) is 0. The molecule has 4 fully saturated rings. The van der Waals surface area contributed by atoms with Crippen molar-refractivity contribution in [3.63, 3.8) is 0 Å². The number of nitrogens with zero attached hydrogens (tertiary/aromatic N) is 8. The highest BCUT2D eigenvalue weighted by Crippen LogP contribution is 2.55. The number of carbonyl (C=O) groups is 3. The molecule has 8 rings (SSSR count). The maximum Gasteiger partial charge on any atom is 0.278 e. The van der Waals surface area contributed by atoms with Gasteiger partial charge in [0.05, 0.1) is 21.5 Å². The lowest BCUT2D eigenvalue weighted by atomic mass is 9.49. The van der Waals surface area contributed by atoms with Crippen LogP contribution in [0.2, 0.25) is 5.02 Å². The van der Waals surface area contributed by atoms with Crippen LogP contribution in [-0.4, -0.2) is 101 Å². The summed E-state index contributed by atoms with van der Waals surface area (Å²) in [4.78, 5) is 62.7. The Morgan fingerprint density at radius 3 is 2.36 bits per heavy atom. The predicted octanol–water partition coefficient (Wildman–Crippen LogP) is 4.34. The van der Waals surface area contributed by atoms with Gasteiger partial charge in [-0.25, -0.2) is 4.98 Å². The normalized spacial score (nSPS) is 23.3. The smallest absolute Gasteiger partial charge is 0.278 e. The van der Waals surface area contributed by atoms with Gasteiger partial charge in [0.15, 0.2) is 0 Å². The van der Waals surface area contributed by atoms with Crippen molar-refractivity contribution in [3.05, 3.63) is 81.2 Å². The minimum Gasteiger partial charge on any atom is -0.489 e. The molecule has 4 aliphatic rings. The predicted molar refractivity (Wildman–Crippen MR) is 222 cm³/mol. The number of carbonyl (C=O) groups excluding carboxylic acids is 3. The van der Waals surface area contributed by atoms with Crippen LogP contribution in [0.15, 0.2) is 59.5 Å². The van der Waals surface area contributed by atoms with Crippen LogP contribution in [0.3, 0.4) is 0 Å². The third-order valence-electron chi connectivity index (χ3n) is 12.8. The first-order chi connectivity index (χ1) is 28.2. The van der Waals surface area contributed by atoms with E-state index in [-0.39, 0.29) is 53.2 Å². The molecule has 5 heterocycles. The summed E-state index contributed by atoms with van der Waals surface area (Å²) in [6.07, 6.45) is 3.91. The number of aromatic nitrogens is 4. The standard InChI is InChI=1S/C43H49ClN10O5/c1-42(2)40(43(3,4)41(42)59-30-8-5-27(23-45)32(44)22-30)48-37(56)28-6-11-35(46-24-28)53-19-17-51(18-20-53)25-26-13-15-52(16-14-26)29-7-9-33-31(21-29)39(58)54(50-49-33)34-10-12-36(55)47-38(34)57/h5-9,11,21-22,24,26,34,40-41H,10,12-20,25H2,1-4H3,(H,48,56)(H,47,55,57). The maximum absolute atomic E-state index is 13.5. The average molecular weight is 821 g/mol. The molecule has 3 aliphatic heterocycles. The summed E-state index contributed by atoms with van der Waals surface area (Å²) >= 11 is 6.25. The Hall–Kier alpha value is -5.59. The molecule has 15 nitrogen and oxygen atoms in total. The zero-order valence-electron chi connectivity index (χ0n) is 33.8. The number of fused-ring (bicyclic) bond motifs is 1. The zero-order chi connectivity index (χ0) is 41.6. The number of pyridine rings is 1. The van der Waals surface area contributed by atoms with Crippen molar-refractivity contribution in [1.29, 1.82) is 5.26 Å². The van der Waals surface area contributed by atoms with Crippen molar-refractivity contribution >= 4 is 51.7 Å². The van der Waals surface area contributed by atoms with Crippen LogP contribution < -0.4 is 30.7 Å². The van der Waals surface area contributed by atoms with E-state index in [0.29, 0.717) is 38.7 Å². The highest BCUT2D eigenvalue weighted by Gasteiger charge is 2.64. The van der Waals surface area contributed by atoms with Crippen LogP contribution in [-0.2, 0) is 9.59 Å². The summed E-state index contributed by atoms with van der Waals surface area (Å²) in [5.41, 5.74) is 1.20. The van der Waals surface area contributed by atoms with Gasteiger partial charge in [-0.05, 0) is 67.6 Å². The number of halogens is 1. The molecule has 0 spiro atoms. The number of benzene rings is 2. The fourth-order valence-corrected chi connectivity index (χ4v) is 9.99. The first-order valence-corrected chi connectivity index (χ1v) is 20.7. The number of hydrogen-bond donors (Lipinski definition) is 2. The second-order valence-electron chi connectivity index (χ2n) is 17.4. The number of hydrogen-bond acceptors (Lipinski definition) is 12. The lowest BCUT2D eigenvalue weighted by molar-refractivity contribution is -0.164. The number of nitrogens with one attached hydrogen (secondary N) is 2. The molecule has 1 unspecified atom stereocenters. The molecule has 308 valence electrons. The highest BCUT2D eigenvalue weighted by atomic mass is 35.5. The van der Waals surface area contributed by atoms with Gasteiger partial charge in [0.25, 0.3) is 17.4 Å². The Morgan fingerprint density at radius 2 is 1.69 bits per heavy atom. The van der Waals surface area contributed by atoms with Crippen molar-refractivity contribution < 1.29 is 19.1 Å². The van der Waals surface area contributed by atoms with Gasteiger partial charge in [0.1, 0.15) is 35.3 Å². The van der Waals surface area contributed by atoms with Crippen molar-refractivity contribution in [2.75, 3.05) is 55.6 Å². The molecule has 16 heteroatoms. The Bertz CT molecular complexity index is 2360. The number of anilines is 2. The molecule has 0 radical (unpaired) electrons. The fraction of sp³-hybridized carbons (Fsp3) is 0.488. The van der Waals surface area contributed by atoms with Crippen molar-refractivity contribution in [1.82, 2.24) is 35.5 Å². The quantitative estimate of drug-likeness (QED) is 0.229. The van der Waals surface area contributed by atoms with Gasteiger partial charge in [0, 0.05) is 87.1 Å². The first-order valence-electron chi connectivity index (χ1n) is 20.3. The van der Waals surface area contributed by atoms with Gasteiger partial charge in [0.2, 0.25) is 5.91 Å². The van der Waals surface area contributed by atoms with Crippen molar-refractivity contribution in [2.24, 2.45) is 16.7 Å². The largest absolute Gasteiger partial charge is 0.489 e. The zero-order valence-corrected chi connectivity index (χ0v) is 34.5. The van der Waals surface area contributed by atoms with E-state index < -0.39 is 11.9 Å². The lowest BCUT2D eigenvalue weighted by Crippen LogP contribution is -2.74. The Morgan fingerprint density at radius 1 is 0.949 bits per heavy atom. The van der Waals surface area contributed by atoms with Crippen LogP contribution in [0, 0.1) is 28.1 Å². The Kier molecular flexibility index (Phi) is 10.8. The van der Waals surface area contributed by atoms with E-state index in [1.165, 1.54) is 0 Å². The monoisotopic (exact) mass is 820 g/mol. The van der Waals surface area contributed by atoms with E-state index in [0.717, 1.165) is 74.8 Å². The molecule has 4 aromatic rings. The summed E-state index contributed by atoms with van der Waals surface area (Å²) < 4.78 is 7.48. The van der Waals surface area contributed by atoms with Crippen LogP contribution in [0.25, 0.3) is 10.9 Å². The Labute approximate surface area is 347 Å². The van der Waals surface area contributed by atoms with E-state index in [2.05, 4.69) is 69.4 Å². The number of ether oxygens (including phenoxy) is 1. The number of piperazine rings is 1. The first kappa shape index (κ1) is 40.2.